The van der Waals surface area contributed by atoms with Gasteiger partial charge in [0.25, 0.3) is 0 Å². The molecule has 2 N–H and O–H groups in total. The quantitative estimate of drug-likeness (QED) is 0.811. The van der Waals surface area contributed by atoms with E-state index in [1.54, 1.807) is 7.05 Å². The molecule has 0 bridgehead atoms. The highest BCUT2D eigenvalue weighted by Crippen LogP contribution is 2.17. The Balaban J connectivity index is 1.63. The number of carbonyl (C=O) groups is 1. The Bertz CT molecular complexity index is 461. The van der Waals surface area contributed by atoms with Crippen molar-refractivity contribution in [2.75, 3.05) is 20.2 Å². The third-order valence-electron chi connectivity index (χ3n) is 4.19. The van der Waals surface area contributed by atoms with Crippen molar-refractivity contribution in [3.05, 3.63) is 35.9 Å². The van der Waals surface area contributed by atoms with E-state index in [4.69, 9.17) is 4.74 Å². The maximum Gasteiger partial charge on any atom is 0.317 e. The van der Waals surface area contributed by atoms with Crippen molar-refractivity contribution in [1.82, 2.24) is 10.2 Å². The van der Waals surface area contributed by atoms with Gasteiger partial charge in [-0.15, -0.1) is 0 Å². The minimum absolute atomic E-state index is 0.112. The molecular formula is C18H28N2O3. The highest BCUT2D eigenvalue weighted by Gasteiger charge is 2.19. The molecule has 2 rings (SSSR count). The molecule has 128 valence electrons. The highest BCUT2D eigenvalue weighted by atomic mass is 16.5. The fourth-order valence-electron chi connectivity index (χ4n) is 2.87. The molecule has 5 heteroatoms. The SMILES string of the molecule is CN(C[C@@H](O)COCc1ccccc1)C(=O)NC1CCCCC1. The van der Waals surface area contributed by atoms with Crippen molar-refractivity contribution in [3.8, 4) is 0 Å². The second kappa shape index (κ2) is 9.53. The first-order chi connectivity index (χ1) is 11.1. The van der Waals surface area contributed by atoms with Gasteiger partial charge in [0.2, 0.25) is 0 Å². The van der Waals surface area contributed by atoms with Crippen molar-refractivity contribution >= 4 is 6.03 Å². The number of nitrogens with one attached hydrogen (secondary N) is 1. The smallest absolute Gasteiger partial charge is 0.317 e. The van der Waals surface area contributed by atoms with Gasteiger partial charge in [-0.1, -0.05) is 49.6 Å². The van der Waals surface area contributed by atoms with Crippen LogP contribution in [-0.2, 0) is 11.3 Å². The number of hydrogen-bond donors (Lipinski definition) is 2. The van der Waals surface area contributed by atoms with Crippen LogP contribution in [0.4, 0.5) is 4.79 Å². The average molecular weight is 320 g/mol. The van der Waals surface area contributed by atoms with E-state index in [2.05, 4.69) is 5.32 Å². The summed E-state index contributed by atoms with van der Waals surface area (Å²) in [5.74, 6) is 0. The molecule has 1 fully saturated rings. The minimum atomic E-state index is -0.680. The monoisotopic (exact) mass is 320 g/mol. The third-order valence-corrected chi connectivity index (χ3v) is 4.19. The molecule has 0 aromatic heterocycles. The summed E-state index contributed by atoms with van der Waals surface area (Å²) in [5.41, 5.74) is 1.07. The van der Waals surface area contributed by atoms with E-state index < -0.39 is 6.10 Å². The molecule has 1 atom stereocenters. The van der Waals surface area contributed by atoms with E-state index in [0.29, 0.717) is 6.61 Å². The Morgan fingerprint density at radius 1 is 1.30 bits per heavy atom. The van der Waals surface area contributed by atoms with Gasteiger partial charge >= 0.3 is 6.03 Å². The summed E-state index contributed by atoms with van der Waals surface area (Å²) in [5, 5.41) is 13.0. The van der Waals surface area contributed by atoms with E-state index in [1.165, 1.54) is 24.2 Å². The van der Waals surface area contributed by atoms with Crippen LogP contribution >= 0.6 is 0 Å². The van der Waals surface area contributed by atoms with E-state index >= 15 is 0 Å². The Morgan fingerprint density at radius 2 is 2.00 bits per heavy atom. The van der Waals surface area contributed by atoms with Crippen molar-refractivity contribution in [2.45, 2.75) is 50.9 Å². The van der Waals surface area contributed by atoms with Gasteiger partial charge in [-0.05, 0) is 18.4 Å². The van der Waals surface area contributed by atoms with Crippen LogP contribution in [0.3, 0.4) is 0 Å². The van der Waals surface area contributed by atoms with Gasteiger partial charge in [0, 0.05) is 13.1 Å². The summed E-state index contributed by atoms with van der Waals surface area (Å²) in [6.45, 7) is 0.958. The third kappa shape index (κ3) is 6.59. The van der Waals surface area contributed by atoms with Crippen LogP contribution in [0.15, 0.2) is 30.3 Å². The molecule has 1 saturated carbocycles. The van der Waals surface area contributed by atoms with Crippen LogP contribution in [0, 0.1) is 0 Å². The number of likely N-dealkylation sites (N-methyl/N-ethyl adjacent to an activating group) is 1. The summed E-state index contributed by atoms with van der Waals surface area (Å²) < 4.78 is 5.50. The number of urea groups is 1. The number of nitrogens with zero attached hydrogens (tertiary/aromatic N) is 1. The van der Waals surface area contributed by atoms with Gasteiger partial charge in [-0.2, -0.15) is 0 Å². The predicted octanol–water partition coefficient (Wildman–Crippen LogP) is 2.54. The molecule has 0 heterocycles. The first kappa shape index (κ1) is 17.8. The van der Waals surface area contributed by atoms with Gasteiger partial charge in [0.15, 0.2) is 0 Å². The lowest BCUT2D eigenvalue weighted by Crippen LogP contribution is -2.46. The summed E-state index contributed by atoms with van der Waals surface area (Å²) in [6, 6.07) is 10.0. The molecule has 23 heavy (non-hydrogen) atoms. The lowest BCUT2D eigenvalue weighted by molar-refractivity contribution is 0.0179. The lowest BCUT2D eigenvalue weighted by atomic mass is 9.96. The van der Waals surface area contributed by atoms with E-state index in [-0.39, 0.29) is 25.2 Å². The molecule has 1 aromatic carbocycles. The molecule has 1 aromatic rings. The molecule has 0 aliphatic heterocycles. The van der Waals surface area contributed by atoms with Crippen LogP contribution < -0.4 is 5.32 Å². The number of aliphatic hydroxyl groups excluding tert-OH is 1. The number of benzene rings is 1. The molecule has 1 aliphatic rings. The Hall–Kier alpha value is -1.59. The van der Waals surface area contributed by atoms with Crippen LogP contribution in [0.2, 0.25) is 0 Å². The summed E-state index contributed by atoms with van der Waals surface area (Å²) in [7, 11) is 1.71. The van der Waals surface area contributed by atoms with Crippen LogP contribution in [-0.4, -0.2) is 48.4 Å². The van der Waals surface area contributed by atoms with Crippen LogP contribution in [0.5, 0.6) is 0 Å². The zero-order chi connectivity index (χ0) is 16.5. The summed E-state index contributed by atoms with van der Waals surface area (Å²) >= 11 is 0. The number of rotatable bonds is 7. The normalized spacial score (nSPS) is 16.8. The fraction of sp³-hybridized carbons (Fsp3) is 0.611. The topological polar surface area (TPSA) is 61.8 Å². The van der Waals surface area contributed by atoms with Crippen molar-refractivity contribution in [2.24, 2.45) is 0 Å². The van der Waals surface area contributed by atoms with Gasteiger partial charge in [-0.3, -0.25) is 0 Å². The van der Waals surface area contributed by atoms with Crippen molar-refractivity contribution in [3.63, 3.8) is 0 Å². The Kier molecular flexibility index (Phi) is 7.36. The molecule has 5 nitrogen and oxygen atoms in total. The van der Waals surface area contributed by atoms with Gasteiger partial charge < -0.3 is 20.1 Å². The zero-order valence-corrected chi connectivity index (χ0v) is 13.9. The molecule has 0 radical (unpaired) electrons. The summed E-state index contributed by atoms with van der Waals surface area (Å²) in [4.78, 5) is 13.6. The number of amides is 2. The van der Waals surface area contributed by atoms with Gasteiger partial charge in [0.05, 0.1) is 25.9 Å². The molecule has 2 amide bonds. The number of ether oxygens (including phenoxy) is 1. The van der Waals surface area contributed by atoms with Crippen molar-refractivity contribution in [1.29, 1.82) is 0 Å². The molecule has 0 spiro atoms. The van der Waals surface area contributed by atoms with Gasteiger partial charge in [0.1, 0.15) is 0 Å². The molecule has 0 saturated heterocycles. The van der Waals surface area contributed by atoms with Crippen molar-refractivity contribution < 1.29 is 14.6 Å². The largest absolute Gasteiger partial charge is 0.389 e. The predicted molar refractivity (Wildman–Crippen MR) is 90.1 cm³/mol. The first-order valence-electron chi connectivity index (χ1n) is 8.46. The van der Waals surface area contributed by atoms with E-state index in [0.717, 1.165) is 18.4 Å². The Morgan fingerprint density at radius 3 is 2.70 bits per heavy atom. The van der Waals surface area contributed by atoms with Crippen LogP contribution in [0.1, 0.15) is 37.7 Å². The molecule has 1 aliphatic carbocycles. The van der Waals surface area contributed by atoms with Gasteiger partial charge in [-0.25, -0.2) is 4.79 Å². The molecule has 0 unspecified atom stereocenters. The maximum atomic E-state index is 12.1. The zero-order valence-electron chi connectivity index (χ0n) is 13.9. The minimum Gasteiger partial charge on any atom is -0.389 e. The second-order valence-electron chi connectivity index (χ2n) is 6.32. The average Bonchev–Trinajstić information content (AvgIpc) is 2.56. The van der Waals surface area contributed by atoms with Crippen LogP contribution in [0.25, 0.3) is 0 Å². The fourth-order valence-corrected chi connectivity index (χ4v) is 2.87. The lowest BCUT2D eigenvalue weighted by Gasteiger charge is -2.27. The first-order valence-corrected chi connectivity index (χ1v) is 8.46. The van der Waals surface area contributed by atoms with E-state index in [1.807, 2.05) is 30.3 Å². The number of aliphatic hydroxyl groups is 1. The number of hydrogen-bond acceptors (Lipinski definition) is 3. The Labute approximate surface area is 138 Å². The standard InChI is InChI=1S/C18H28N2O3/c1-20(18(22)19-16-10-6-3-7-11-16)12-17(21)14-23-13-15-8-4-2-5-9-15/h2,4-5,8-9,16-17,21H,3,6-7,10-14H2,1H3,(H,19,22)/t17-/m1/s1. The van der Waals surface area contributed by atoms with E-state index in [9.17, 15) is 9.90 Å². The number of carbonyl (C=O) groups excluding carboxylic acids is 1. The maximum absolute atomic E-state index is 12.1. The molecular weight excluding hydrogens is 292 g/mol. The summed E-state index contributed by atoms with van der Waals surface area (Å²) in [6.07, 6.45) is 5.07. The second-order valence-corrected chi connectivity index (χ2v) is 6.32. The highest BCUT2D eigenvalue weighted by molar-refractivity contribution is 5.74.